The maximum Gasteiger partial charge on any atom is 0.255 e. The molecule has 0 saturated carbocycles. The van der Waals surface area contributed by atoms with Crippen LogP contribution in [0.3, 0.4) is 0 Å². The SMILES string of the molecule is C=CCNC(=O)c1ccc(C(=O)Nc2cc(Cl)cc(Cl)c2)cc1. The van der Waals surface area contributed by atoms with Gasteiger partial charge in [-0.2, -0.15) is 0 Å². The first-order valence-corrected chi connectivity index (χ1v) is 7.52. The van der Waals surface area contributed by atoms with E-state index >= 15 is 0 Å². The van der Waals surface area contributed by atoms with Gasteiger partial charge in [-0.05, 0) is 42.5 Å². The molecule has 2 rings (SSSR count). The third kappa shape index (κ3) is 4.84. The summed E-state index contributed by atoms with van der Waals surface area (Å²) in [4.78, 5) is 23.9. The zero-order valence-corrected chi connectivity index (χ0v) is 13.6. The highest BCUT2D eigenvalue weighted by molar-refractivity contribution is 6.35. The average molecular weight is 349 g/mol. The Morgan fingerprint density at radius 2 is 1.48 bits per heavy atom. The molecule has 118 valence electrons. The van der Waals surface area contributed by atoms with Crippen LogP contribution in [-0.2, 0) is 0 Å². The predicted octanol–water partition coefficient (Wildman–Crippen LogP) is 4.16. The van der Waals surface area contributed by atoms with Crippen molar-refractivity contribution in [2.45, 2.75) is 0 Å². The van der Waals surface area contributed by atoms with Crippen molar-refractivity contribution in [1.29, 1.82) is 0 Å². The van der Waals surface area contributed by atoms with Gasteiger partial charge in [0.25, 0.3) is 11.8 Å². The van der Waals surface area contributed by atoms with Crippen LogP contribution in [0.4, 0.5) is 5.69 Å². The molecule has 0 radical (unpaired) electrons. The Morgan fingerprint density at radius 1 is 0.957 bits per heavy atom. The number of carbonyl (C=O) groups excluding carboxylic acids is 2. The maximum atomic E-state index is 12.2. The zero-order chi connectivity index (χ0) is 16.8. The van der Waals surface area contributed by atoms with Gasteiger partial charge in [-0.3, -0.25) is 9.59 Å². The summed E-state index contributed by atoms with van der Waals surface area (Å²) in [6, 6.07) is 11.1. The third-order valence-electron chi connectivity index (χ3n) is 2.94. The normalized spacial score (nSPS) is 10.0. The number of nitrogens with one attached hydrogen (secondary N) is 2. The van der Waals surface area contributed by atoms with Crippen molar-refractivity contribution in [2.75, 3.05) is 11.9 Å². The molecule has 2 aromatic carbocycles. The van der Waals surface area contributed by atoms with E-state index in [-0.39, 0.29) is 11.8 Å². The van der Waals surface area contributed by atoms with E-state index in [4.69, 9.17) is 23.2 Å². The molecule has 0 aromatic heterocycles. The van der Waals surface area contributed by atoms with E-state index in [1.54, 1.807) is 48.5 Å². The first kappa shape index (κ1) is 17.1. The summed E-state index contributed by atoms with van der Waals surface area (Å²) in [5.41, 5.74) is 1.39. The highest BCUT2D eigenvalue weighted by Gasteiger charge is 2.09. The van der Waals surface area contributed by atoms with Crippen LogP contribution in [-0.4, -0.2) is 18.4 Å². The Kier molecular flexibility index (Phi) is 5.79. The van der Waals surface area contributed by atoms with Crippen molar-refractivity contribution in [3.63, 3.8) is 0 Å². The molecule has 0 bridgehead atoms. The van der Waals surface area contributed by atoms with E-state index in [2.05, 4.69) is 17.2 Å². The maximum absolute atomic E-state index is 12.2. The second kappa shape index (κ2) is 7.81. The molecule has 4 nitrogen and oxygen atoms in total. The predicted molar refractivity (Wildman–Crippen MR) is 93.4 cm³/mol. The van der Waals surface area contributed by atoms with Crippen LogP contribution in [0.15, 0.2) is 55.1 Å². The lowest BCUT2D eigenvalue weighted by Gasteiger charge is -2.07. The molecule has 0 unspecified atom stereocenters. The molecule has 6 heteroatoms. The van der Waals surface area contributed by atoms with Crippen LogP contribution >= 0.6 is 23.2 Å². The quantitative estimate of drug-likeness (QED) is 0.797. The standard InChI is InChI=1S/C17H14Cl2N2O2/c1-2-7-20-16(22)11-3-5-12(6-4-11)17(23)21-15-9-13(18)8-14(19)10-15/h2-6,8-10H,1,7H2,(H,20,22)(H,21,23). The fourth-order valence-corrected chi connectivity index (χ4v) is 2.40. The van der Waals surface area contributed by atoms with Crippen molar-refractivity contribution in [2.24, 2.45) is 0 Å². The molecule has 23 heavy (non-hydrogen) atoms. The highest BCUT2D eigenvalue weighted by Crippen LogP contribution is 2.22. The van der Waals surface area contributed by atoms with Gasteiger partial charge in [0.2, 0.25) is 0 Å². The van der Waals surface area contributed by atoms with Gasteiger partial charge < -0.3 is 10.6 Å². The molecule has 0 aliphatic heterocycles. The molecular weight excluding hydrogens is 335 g/mol. The summed E-state index contributed by atoms with van der Waals surface area (Å²) in [5, 5.41) is 6.23. The van der Waals surface area contributed by atoms with Crippen LogP contribution in [0.25, 0.3) is 0 Å². The lowest BCUT2D eigenvalue weighted by molar-refractivity contribution is 0.0956. The molecule has 2 aromatic rings. The van der Waals surface area contributed by atoms with E-state index in [0.717, 1.165) is 0 Å². The molecular formula is C17H14Cl2N2O2. The van der Waals surface area contributed by atoms with E-state index < -0.39 is 0 Å². The number of carbonyl (C=O) groups is 2. The fraction of sp³-hybridized carbons (Fsp3) is 0.0588. The summed E-state index contributed by atoms with van der Waals surface area (Å²) < 4.78 is 0. The second-order valence-corrected chi connectivity index (χ2v) is 5.56. The van der Waals surface area contributed by atoms with E-state index in [0.29, 0.717) is 33.4 Å². The molecule has 0 fully saturated rings. The van der Waals surface area contributed by atoms with Gasteiger partial charge >= 0.3 is 0 Å². The Bertz CT molecular complexity index is 723. The number of amides is 2. The summed E-state index contributed by atoms with van der Waals surface area (Å²) in [6.45, 7) is 3.91. The average Bonchev–Trinajstić information content (AvgIpc) is 2.51. The molecule has 0 spiro atoms. The van der Waals surface area contributed by atoms with Crippen molar-refractivity contribution in [3.8, 4) is 0 Å². The van der Waals surface area contributed by atoms with Crippen LogP contribution in [0.5, 0.6) is 0 Å². The van der Waals surface area contributed by atoms with E-state index in [9.17, 15) is 9.59 Å². The molecule has 0 aliphatic rings. The molecule has 0 heterocycles. The van der Waals surface area contributed by atoms with E-state index in [1.165, 1.54) is 0 Å². The topological polar surface area (TPSA) is 58.2 Å². The van der Waals surface area contributed by atoms with Crippen LogP contribution in [0.1, 0.15) is 20.7 Å². The smallest absolute Gasteiger partial charge is 0.255 e. The van der Waals surface area contributed by atoms with Gasteiger partial charge in [0.1, 0.15) is 0 Å². The van der Waals surface area contributed by atoms with Gasteiger partial charge in [-0.25, -0.2) is 0 Å². The third-order valence-corrected chi connectivity index (χ3v) is 3.37. The molecule has 2 amide bonds. The minimum atomic E-state index is -0.318. The summed E-state index contributed by atoms with van der Waals surface area (Å²) in [7, 11) is 0. The highest BCUT2D eigenvalue weighted by atomic mass is 35.5. The van der Waals surface area contributed by atoms with Gasteiger partial charge in [0.05, 0.1) is 0 Å². The Hall–Kier alpha value is -2.30. The Balaban J connectivity index is 2.08. The van der Waals surface area contributed by atoms with E-state index in [1.807, 2.05) is 0 Å². The van der Waals surface area contributed by atoms with Gasteiger partial charge in [-0.15, -0.1) is 6.58 Å². The molecule has 0 atom stereocenters. The van der Waals surface area contributed by atoms with Crippen LogP contribution in [0, 0.1) is 0 Å². The summed E-state index contributed by atoms with van der Waals surface area (Å²) >= 11 is 11.8. The van der Waals surface area contributed by atoms with Crippen molar-refractivity contribution >= 4 is 40.7 Å². The number of benzene rings is 2. The van der Waals surface area contributed by atoms with Crippen LogP contribution in [0.2, 0.25) is 10.0 Å². The van der Waals surface area contributed by atoms with Gasteiger partial charge in [0, 0.05) is 33.4 Å². The monoisotopic (exact) mass is 348 g/mol. The summed E-state index contributed by atoms with van der Waals surface area (Å²) in [5.74, 6) is -0.542. The van der Waals surface area contributed by atoms with Crippen molar-refractivity contribution < 1.29 is 9.59 Å². The number of anilines is 1. The lowest BCUT2D eigenvalue weighted by Crippen LogP contribution is -2.23. The molecule has 2 N–H and O–H groups in total. The van der Waals surface area contributed by atoms with Crippen molar-refractivity contribution in [1.82, 2.24) is 5.32 Å². The minimum absolute atomic E-state index is 0.224. The Labute approximate surface area is 144 Å². The van der Waals surface area contributed by atoms with Gasteiger partial charge in [-0.1, -0.05) is 29.3 Å². The zero-order valence-electron chi connectivity index (χ0n) is 12.1. The fourth-order valence-electron chi connectivity index (χ4n) is 1.87. The molecule has 0 aliphatic carbocycles. The number of hydrogen-bond acceptors (Lipinski definition) is 2. The Morgan fingerprint density at radius 3 is 2.00 bits per heavy atom. The number of halogens is 2. The lowest BCUT2D eigenvalue weighted by atomic mass is 10.1. The second-order valence-electron chi connectivity index (χ2n) is 4.69. The minimum Gasteiger partial charge on any atom is -0.349 e. The van der Waals surface area contributed by atoms with Gasteiger partial charge in [0.15, 0.2) is 0 Å². The molecule has 0 saturated heterocycles. The number of hydrogen-bond donors (Lipinski definition) is 2. The summed E-state index contributed by atoms with van der Waals surface area (Å²) in [6.07, 6.45) is 1.59. The van der Waals surface area contributed by atoms with Crippen molar-refractivity contribution in [3.05, 3.63) is 76.3 Å². The first-order valence-electron chi connectivity index (χ1n) is 6.76. The largest absolute Gasteiger partial charge is 0.349 e. The number of rotatable bonds is 5. The van der Waals surface area contributed by atoms with Crippen LogP contribution < -0.4 is 10.6 Å². The first-order chi connectivity index (χ1) is 11.0.